The summed E-state index contributed by atoms with van der Waals surface area (Å²) in [5.74, 6) is 1.20. The zero-order chi connectivity index (χ0) is 20.9. The molecule has 6 nitrogen and oxygen atoms in total. The number of carbonyl (C=O) groups excluding carboxylic acids is 1. The second kappa shape index (κ2) is 7.01. The molecule has 1 saturated carbocycles. The van der Waals surface area contributed by atoms with E-state index < -0.39 is 0 Å². The van der Waals surface area contributed by atoms with Gasteiger partial charge in [0.15, 0.2) is 5.78 Å². The van der Waals surface area contributed by atoms with Gasteiger partial charge in [0.05, 0.1) is 17.4 Å². The summed E-state index contributed by atoms with van der Waals surface area (Å²) in [5.41, 5.74) is 6.70. The summed E-state index contributed by atoms with van der Waals surface area (Å²) in [7, 11) is 0. The third-order valence-corrected chi connectivity index (χ3v) is 6.22. The van der Waals surface area contributed by atoms with Crippen molar-refractivity contribution in [2.75, 3.05) is 0 Å². The van der Waals surface area contributed by atoms with E-state index >= 15 is 0 Å². The van der Waals surface area contributed by atoms with Gasteiger partial charge in [-0.25, -0.2) is 4.98 Å². The lowest BCUT2D eigenvalue weighted by Crippen LogP contribution is -1.98. The lowest BCUT2D eigenvalue weighted by atomic mass is 10.0. The van der Waals surface area contributed by atoms with Crippen LogP contribution in [0.5, 0.6) is 0 Å². The van der Waals surface area contributed by atoms with E-state index in [-0.39, 0.29) is 5.78 Å². The van der Waals surface area contributed by atoms with Gasteiger partial charge in [0.2, 0.25) is 0 Å². The monoisotopic (exact) mass is 409 g/mol. The number of rotatable bonds is 5. The Hall–Kier alpha value is -3.54. The minimum Gasteiger partial charge on any atom is -0.327 e. The number of imidazole rings is 1. The van der Waals surface area contributed by atoms with Crippen molar-refractivity contribution in [3.63, 3.8) is 0 Å². The van der Waals surface area contributed by atoms with Crippen LogP contribution in [0.1, 0.15) is 48.4 Å². The SMILES string of the molecule is CC(=O)c1ccc(-c2cc(-c3c(-c4ccn(C5CC5)n4)nc4n3CCC4)ccn2)cc1. The van der Waals surface area contributed by atoms with Crippen LogP contribution in [0.2, 0.25) is 0 Å². The molecule has 31 heavy (non-hydrogen) atoms. The number of nitrogens with zero attached hydrogens (tertiary/aromatic N) is 5. The molecule has 1 aliphatic carbocycles. The third kappa shape index (κ3) is 3.19. The highest BCUT2D eigenvalue weighted by Crippen LogP contribution is 2.38. The minimum absolute atomic E-state index is 0.0679. The summed E-state index contributed by atoms with van der Waals surface area (Å²) >= 11 is 0. The molecule has 4 heterocycles. The van der Waals surface area contributed by atoms with Crippen molar-refractivity contribution in [1.82, 2.24) is 24.3 Å². The van der Waals surface area contributed by atoms with Crippen LogP contribution >= 0.6 is 0 Å². The second-order valence-electron chi connectivity index (χ2n) is 8.46. The van der Waals surface area contributed by atoms with E-state index in [1.807, 2.05) is 30.5 Å². The highest BCUT2D eigenvalue weighted by atomic mass is 16.1. The van der Waals surface area contributed by atoms with E-state index in [9.17, 15) is 4.79 Å². The van der Waals surface area contributed by atoms with Crippen molar-refractivity contribution in [3.8, 4) is 33.9 Å². The van der Waals surface area contributed by atoms with Crippen LogP contribution in [-0.2, 0) is 13.0 Å². The number of benzene rings is 1. The number of Topliss-reactive ketones (excluding diaryl/α,β-unsaturated/α-hetero) is 1. The molecule has 0 amide bonds. The van der Waals surface area contributed by atoms with Crippen molar-refractivity contribution in [2.45, 2.75) is 45.2 Å². The highest BCUT2D eigenvalue weighted by Gasteiger charge is 2.27. The number of hydrogen-bond acceptors (Lipinski definition) is 4. The van der Waals surface area contributed by atoms with Gasteiger partial charge in [-0.15, -0.1) is 0 Å². The van der Waals surface area contributed by atoms with Crippen LogP contribution in [0.25, 0.3) is 33.9 Å². The molecule has 0 unspecified atom stereocenters. The number of hydrogen-bond donors (Lipinski definition) is 0. The standard InChI is InChI=1S/C25H23N5O/c1-16(31)17-4-6-18(7-5-17)22-15-19(10-12-26-22)25-24(27-23-3-2-13-29(23)25)21-11-14-30(28-21)20-8-9-20/h4-7,10-12,14-15,20H,2-3,8-9,13H2,1H3. The molecular weight excluding hydrogens is 386 g/mol. The molecule has 1 aromatic carbocycles. The summed E-state index contributed by atoms with van der Waals surface area (Å²) in [5, 5.41) is 4.84. The summed E-state index contributed by atoms with van der Waals surface area (Å²) in [4.78, 5) is 21.2. The number of fused-ring (bicyclic) bond motifs is 1. The molecule has 0 N–H and O–H groups in total. The average Bonchev–Trinajstić information content (AvgIpc) is 3.19. The predicted octanol–water partition coefficient (Wildman–Crippen LogP) is 4.96. The predicted molar refractivity (Wildman–Crippen MR) is 119 cm³/mol. The van der Waals surface area contributed by atoms with E-state index in [0.29, 0.717) is 11.6 Å². The topological polar surface area (TPSA) is 65.6 Å². The molecule has 0 saturated heterocycles. The fourth-order valence-corrected chi connectivity index (χ4v) is 4.42. The zero-order valence-electron chi connectivity index (χ0n) is 17.5. The van der Waals surface area contributed by atoms with E-state index in [4.69, 9.17) is 10.1 Å². The maximum atomic E-state index is 11.6. The van der Waals surface area contributed by atoms with Crippen LogP contribution in [0.4, 0.5) is 0 Å². The Kier molecular flexibility index (Phi) is 4.13. The van der Waals surface area contributed by atoms with Crippen molar-refractivity contribution in [3.05, 3.63) is 66.2 Å². The molecule has 6 rings (SSSR count). The summed E-state index contributed by atoms with van der Waals surface area (Å²) in [6, 6.07) is 14.4. The van der Waals surface area contributed by atoms with Gasteiger partial charge >= 0.3 is 0 Å². The Morgan fingerprint density at radius 3 is 2.65 bits per heavy atom. The first-order valence-electron chi connectivity index (χ1n) is 10.9. The van der Waals surface area contributed by atoms with Crippen molar-refractivity contribution >= 4 is 5.78 Å². The number of aromatic nitrogens is 5. The lowest BCUT2D eigenvalue weighted by molar-refractivity contribution is 0.101. The van der Waals surface area contributed by atoms with E-state index in [1.54, 1.807) is 6.92 Å². The summed E-state index contributed by atoms with van der Waals surface area (Å²) in [6.07, 6.45) is 8.48. The first-order chi connectivity index (χ1) is 15.2. The van der Waals surface area contributed by atoms with Gasteiger partial charge in [-0.3, -0.25) is 14.5 Å². The largest absolute Gasteiger partial charge is 0.327 e. The number of carbonyl (C=O) groups is 1. The molecule has 2 aliphatic rings. The molecule has 154 valence electrons. The number of ketones is 1. The van der Waals surface area contributed by atoms with Crippen molar-refractivity contribution < 1.29 is 4.79 Å². The fraction of sp³-hybridized carbons (Fsp3) is 0.280. The Bertz CT molecular complexity index is 1290. The maximum Gasteiger partial charge on any atom is 0.159 e. The molecule has 0 radical (unpaired) electrons. The van der Waals surface area contributed by atoms with Crippen molar-refractivity contribution in [2.24, 2.45) is 0 Å². The lowest BCUT2D eigenvalue weighted by Gasteiger charge is -2.09. The molecule has 0 spiro atoms. The number of aryl methyl sites for hydroxylation is 1. The van der Waals surface area contributed by atoms with Gasteiger partial charge in [0.1, 0.15) is 17.2 Å². The molecule has 4 aromatic rings. The average molecular weight is 409 g/mol. The minimum atomic E-state index is 0.0679. The molecule has 3 aromatic heterocycles. The summed E-state index contributed by atoms with van der Waals surface area (Å²) in [6.45, 7) is 2.56. The van der Waals surface area contributed by atoms with Crippen LogP contribution in [-0.4, -0.2) is 30.1 Å². The Morgan fingerprint density at radius 1 is 1.03 bits per heavy atom. The van der Waals surface area contributed by atoms with Gasteiger partial charge in [-0.05, 0) is 44.4 Å². The molecule has 1 fully saturated rings. The van der Waals surface area contributed by atoms with Gasteiger partial charge in [-0.1, -0.05) is 24.3 Å². The second-order valence-corrected chi connectivity index (χ2v) is 8.46. The Balaban J connectivity index is 1.44. The smallest absolute Gasteiger partial charge is 0.159 e. The van der Waals surface area contributed by atoms with E-state index in [1.165, 1.54) is 12.8 Å². The van der Waals surface area contributed by atoms with Crippen LogP contribution in [0, 0.1) is 0 Å². The van der Waals surface area contributed by atoms with Crippen molar-refractivity contribution in [1.29, 1.82) is 0 Å². The molecule has 6 heteroatoms. The quantitative estimate of drug-likeness (QED) is 0.437. The Labute approximate surface area is 180 Å². The normalized spacial score (nSPS) is 15.3. The zero-order valence-corrected chi connectivity index (χ0v) is 17.5. The number of pyridine rings is 1. The molecule has 0 atom stereocenters. The maximum absolute atomic E-state index is 11.6. The Morgan fingerprint density at radius 2 is 1.87 bits per heavy atom. The third-order valence-electron chi connectivity index (χ3n) is 6.22. The molecule has 1 aliphatic heterocycles. The first-order valence-corrected chi connectivity index (χ1v) is 10.9. The van der Waals surface area contributed by atoms with Crippen LogP contribution in [0.3, 0.4) is 0 Å². The fourth-order valence-electron chi connectivity index (χ4n) is 4.42. The van der Waals surface area contributed by atoms with Crippen LogP contribution < -0.4 is 0 Å². The first kappa shape index (κ1) is 18.2. The van der Waals surface area contributed by atoms with Crippen LogP contribution in [0.15, 0.2) is 54.9 Å². The molecule has 0 bridgehead atoms. The van der Waals surface area contributed by atoms with Gasteiger partial charge < -0.3 is 4.57 Å². The molecular formula is C25H23N5O. The van der Waals surface area contributed by atoms with Gasteiger partial charge in [-0.2, -0.15) is 5.10 Å². The van der Waals surface area contributed by atoms with E-state index in [0.717, 1.165) is 59.1 Å². The summed E-state index contributed by atoms with van der Waals surface area (Å²) < 4.78 is 4.42. The van der Waals surface area contributed by atoms with E-state index in [2.05, 4.69) is 38.6 Å². The highest BCUT2D eigenvalue weighted by molar-refractivity contribution is 5.94. The van der Waals surface area contributed by atoms with Gasteiger partial charge in [0, 0.05) is 42.0 Å². The van der Waals surface area contributed by atoms with Gasteiger partial charge in [0.25, 0.3) is 0 Å².